The van der Waals surface area contributed by atoms with Crippen LogP contribution in [0.4, 0.5) is 5.69 Å². The minimum absolute atomic E-state index is 0.295. The predicted molar refractivity (Wildman–Crippen MR) is 60.5 cm³/mol. The van der Waals surface area contributed by atoms with Crippen molar-refractivity contribution in [2.45, 2.75) is 0 Å². The van der Waals surface area contributed by atoms with E-state index in [2.05, 4.69) is 5.16 Å². The topological polar surface area (TPSA) is 70.0 Å². The largest absolute Gasteiger partial charge is 0.410 e. The average molecular weight is 218 g/mol. The van der Waals surface area contributed by atoms with Crippen molar-refractivity contribution in [2.24, 2.45) is 5.16 Å². The maximum atomic E-state index is 11.7. The Bertz CT molecular complexity index is 694. The van der Waals surface area contributed by atoms with Crippen molar-refractivity contribution in [3.05, 3.63) is 44.0 Å². The summed E-state index contributed by atoms with van der Waals surface area (Å²) in [6, 6.07) is 4.93. The number of hydrogen-bond acceptors (Lipinski definition) is 5. The van der Waals surface area contributed by atoms with E-state index in [0.717, 1.165) is 5.69 Å². The quantitative estimate of drug-likeness (QED) is 0.531. The molecule has 0 aliphatic carbocycles. The molecular weight excluding hydrogens is 208 g/mol. The molecule has 0 heterocycles. The zero-order valence-corrected chi connectivity index (χ0v) is 8.89. The van der Waals surface area contributed by atoms with Gasteiger partial charge in [-0.1, -0.05) is 5.16 Å². The molecule has 0 aliphatic rings. The highest BCUT2D eigenvalue weighted by Crippen LogP contribution is 2.15. The van der Waals surface area contributed by atoms with Gasteiger partial charge in [0, 0.05) is 30.6 Å². The fraction of sp³-hybridized carbons (Fsp3) is 0.182. The van der Waals surface area contributed by atoms with Crippen molar-refractivity contribution >= 4 is 16.5 Å². The zero-order chi connectivity index (χ0) is 11.9. The molecular formula is C11H10N2O3. The van der Waals surface area contributed by atoms with Gasteiger partial charge in [0.15, 0.2) is 5.36 Å². The van der Waals surface area contributed by atoms with Crippen LogP contribution in [0.2, 0.25) is 0 Å². The molecule has 0 spiro atoms. The van der Waals surface area contributed by atoms with Crippen molar-refractivity contribution in [3.8, 4) is 0 Å². The first-order valence-corrected chi connectivity index (χ1v) is 4.69. The lowest BCUT2D eigenvalue weighted by atomic mass is 10.2. The molecule has 0 saturated heterocycles. The number of hydrogen-bond donors (Lipinski definition) is 1. The minimum Gasteiger partial charge on any atom is -0.410 e. The van der Waals surface area contributed by atoms with E-state index >= 15 is 0 Å². The summed E-state index contributed by atoms with van der Waals surface area (Å²) >= 11 is 0. The summed E-state index contributed by atoms with van der Waals surface area (Å²) in [7, 11) is 3.67. The summed E-state index contributed by atoms with van der Waals surface area (Å²) in [6.45, 7) is 0. The van der Waals surface area contributed by atoms with Crippen LogP contribution in [0.25, 0.3) is 10.8 Å². The lowest BCUT2D eigenvalue weighted by Crippen LogP contribution is -2.31. The van der Waals surface area contributed by atoms with Crippen LogP contribution in [0.15, 0.2) is 32.9 Å². The second kappa shape index (κ2) is 3.44. The Morgan fingerprint density at radius 2 is 1.75 bits per heavy atom. The maximum absolute atomic E-state index is 11.7. The summed E-state index contributed by atoms with van der Waals surface area (Å²) in [5, 5.41) is 11.5. The predicted octanol–water partition coefficient (Wildman–Crippen LogP) is -0.208. The van der Waals surface area contributed by atoms with Crippen LogP contribution in [0, 0.1) is 0 Å². The van der Waals surface area contributed by atoms with E-state index in [9.17, 15) is 9.59 Å². The lowest BCUT2D eigenvalue weighted by Gasteiger charge is -2.11. The number of benzene rings is 1. The molecule has 0 fully saturated rings. The zero-order valence-electron chi connectivity index (χ0n) is 8.89. The van der Waals surface area contributed by atoms with Gasteiger partial charge >= 0.3 is 0 Å². The molecule has 0 atom stereocenters. The molecule has 0 aliphatic heterocycles. The van der Waals surface area contributed by atoms with Crippen LogP contribution in [0.1, 0.15) is 0 Å². The van der Waals surface area contributed by atoms with E-state index in [-0.39, 0.29) is 0 Å². The van der Waals surface area contributed by atoms with Gasteiger partial charge in [0.05, 0.1) is 0 Å². The Kier molecular flexibility index (Phi) is 2.23. The highest BCUT2D eigenvalue weighted by atomic mass is 16.4. The van der Waals surface area contributed by atoms with Crippen LogP contribution in [-0.2, 0) is 0 Å². The van der Waals surface area contributed by atoms with Crippen molar-refractivity contribution in [3.63, 3.8) is 0 Å². The van der Waals surface area contributed by atoms with Gasteiger partial charge in [0.1, 0.15) is 0 Å². The fourth-order valence-electron chi connectivity index (χ4n) is 1.65. The minimum atomic E-state index is -0.522. The van der Waals surface area contributed by atoms with Gasteiger partial charge in [-0.05, 0) is 18.2 Å². The van der Waals surface area contributed by atoms with Crippen molar-refractivity contribution in [1.29, 1.82) is 0 Å². The highest BCUT2D eigenvalue weighted by Gasteiger charge is 2.11. The Morgan fingerprint density at radius 3 is 2.31 bits per heavy atom. The number of rotatable bonds is 1. The van der Waals surface area contributed by atoms with Crippen molar-refractivity contribution < 1.29 is 5.21 Å². The van der Waals surface area contributed by atoms with Crippen LogP contribution in [-0.4, -0.2) is 19.3 Å². The molecule has 16 heavy (non-hydrogen) atoms. The van der Waals surface area contributed by atoms with E-state index in [1.54, 1.807) is 18.2 Å². The molecule has 2 aromatic rings. The molecule has 2 rings (SSSR count). The summed E-state index contributed by atoms with van der Waals surface area (Å²) in [6.07, 6.45) is 0. The van der Waals surface area contributed by atoms with Crippen LogP contribution in [0.5, 0.6) is 0 Å². The Morgan fingerprint density at radius 1 is 1.12 bits per heavy atom. The van der Waals surface area contributed by atoms with Gasteiger partial charge in [0.2, 0.25) is 10.9 Å². The van der Waals surface area contributed by atoms with Crippen LogP contribution in [0.3, 0.4) is 0 Å². The van der Waals surface area contributed by atoms with Crippen molar-refractivity contribution in [2.75, 3.05) is 19.0 Å². The summed E-state index contributed by atoms with van der Waals surface area (Å²) in [5.74, 6) is 0. The summed E-state index contributed by atoms with van der Waals surface area (Å²) < 4.78 is 0. The lowest BCUT2D eigenvalue weighted by molar-refractivity contribution is 0.301. The Balaban J connectivity index is 2.97. The maximum Gasteiger partial charge on any atom is 0.219 e. The Hall–Kier alpha value is -2.17. The molecule has 5 nitrogen and oxygen atoms in total. The van der Waals surface area contributed by atoms with E-state index in [4.69, 9.17) is 5.21 Å². The van der Waals surface area contributed by atoms with Crippen LogP contribution < -0.4 is 21.1 Å². The highest BCUT2D eigenvalue weighted by molar-refractivity contribution is 5.86. The van der Waals surface area contributed by atoms with E-state index in [1.807, 2.05) is 19.0 Å². The molecule has 5 heteroatoms. The van der Waals surface area contributed by atoms with Crippen molar-refractivity contribution in [1.82, 2.24) is 0 Å². The first kappa shape index (κ1) is 10.4. The number of anilines is 1. The third kappa shape index (κ3) is 1.29. The molecule has 0 amide bonds. The van der Waals surface area contributed by atoms with Gasteiger partial charge in [-0.25, -0.2) is 0 Å². The Labute approximate surface area is 90.6 Å². The van der Waals surface area contributed by atoms with Gasteiger partial charge in [-0.15, -0.1) is 0 Å². The first-order chi connectivity index (χ1) is 7.56. The summed E-state index contributed by atoms with van der Waals surface area (Å²) in [5.41, 5.74) is -0.224. The molecule has 0 aromatic heterocycles. The van der Waals surface area contributed by atoms with Crippen LogP contribution >= 0.6 is 0 Å². The van der Waals surface area contributed by atoms with E-state index < -0.39 is 16.2 Å². The SMILES string of the molecule is CN(C)c1ccc2c(=O)c(=NO)c(=O)c2c1. The average Bonchev–Trinajstić information content (AvgIpc) is 2.51. The molecule has 0 unspecified atom stereocenters. The first-order valence-electron chi connectivity index (χ1n) is 4.69. The molecule has 82 valence electrons. The molecule has 0 bridgehead atoms. The third-order valence-corrected chi connectivity index (χ3v) is 2.54. The van der Waals surface area contributed by atoms with E-state index in [1.165, 1.54) is 0 Å². The van der Waals surface area contributed by atoms with Gasteiger partial charge in [-0.3, -0.25) is 9.59 Å². The van der Waals surface area contributed by atoms with Gasteiger partial charge < -0.3 is 10.1 Å². The smallest absolute Gasteiger partial charge is 0.219 e. The van der Waals surface area contributed by atoms with E-state index in [0.29, 0.717) is 10.8 Å². The number of nitrogens with zero attached hydrogens (tertiary/aromatic N) is 2. The normalized spacial score (nSPS) is 12.2. The number of fused-ring (bicyclic) bond motifs is 1. The molecule has 0 saturated carbocycles. The second-order valence-electron chi connectivity index (χ2n) is 3.73. The standard InChI is InChI=1S/C11H10N2O3/c1-13(2)6-3-4-7-8(5-6)11(15)9(12-16)10(7)14/h3-5,16H,1-2H3. The molecule has 2 aromatic carbocycles. The summed E-state index contributed by atoms with van der Waals surface area (Å²) in [4.78, 5) is 25.1. The third-order valence-electron chi connectivity index (χ3n) is 2.54. The molecule has 0 radical (unpaired) electrons. The molecule has 1 N–H and O–H groups in total. The fourth-order valence-corrected chi connectivity index (χ4v) is 1.65. The monoisotopic (exact) mass is 218 g/mol. The van der Waals surface area contributed by atoms with Gasteiger partial charge in [-0.2, -0.15) is 0 Å². The second-order valence-corrected chi connectivity index (χ2v) is 3.73. The van der Waals surface area contributed by atoms with Gasteiger partial charge in [0.25, 0.3) is 0 Å².